The molecule has 0 aliphatic carbocycles. The van der Waals surface area contributed by atoms with Crippen LogP contribution in [-0.2, 0) is 0 Å². The first kappa shape index (κ1) is 21.9. The molecule has 0 bridgehead atoms. The van der Waals surface area contributed by atoms with Crippen LogP contribution in [0.2, 0.25) is 10.0 Å². The molecule has 0 saturated heterocycles. The quantitative estimate of drug-likeness (QED) is 0.312. The normalized spacial score (nSPS) is 10.8. The van der Waals surface area contributed by atoms with E-state index in [-0.39, 0.29) is 39.1 Å². The number of hydrogen-bond donors (Lipinski definition) is 0. The van der Waals surface area contributed by atoms with Crippen LogP contribution in [0.25, 0.3) is 0 Å². The number of carbonyl (C=O) groups excluding carboxylic acids is 1. The SMILES string of the molecule is Cc1ccc(OC(=O)c2cc(Cl)c(Oc3cnc(OC(C)C)c(Cl)c3)cc2F)cc1. The van der Waals surface area contributed by atoms with Gasteiger partial charge in [-0.3, -0.25) is 0 Å². The summed E-state index contributed by atoms with van der Waals surface area (Å²) < 4.78 is 30.8. The summed E-state index contributed by atoms with van der Waals surface area (Å²) in [5.41, 5.74) is 0.689. The van der Waals surface area contributed by atoms with Crippen molar-refractivity contribution >= 4 is 29.2 Å². The Morgan fingerprint density at radius 3 is 2.37 bits per heavy atom. The zero-order valence-electron chi connectivity index (χ0n) is 16.4. The van der Waals surface area contributed by atoms with Crippen molar-refractivity contribution < 1.29 is 23.4 Å². The van der Waals surface area contributed by atoms with E-state index >= 15 is 0 Å². The van der Waals surface area contributed by atoms with E-state index in [1.54, 1.807) is 24.3 Å². The fourth-order valence-corrected chi connectivity index (χ4v) is 2.84. The van der Waals surface area contributed by atoms with Gasteiger partial charge in [0.2, 0.25) is 5.88 Å². The number of rotatable bonds is 6. The Bertz CT molecular complexity index is 1070. The fourth-order valence-electron chi connectivity index (χ4n) is 2.43. The zero-order chi connectivity index (χ0) is 21.8. The lowest BCUT2D eigenvalue weighted by atomic mass is 10.2. The number of benzene rings is 2. The predicted octanol–water partition coefficient (Wildman–Crippen LogP) is 6.63. The van der Waals surface area contributed by atoms with Gasteiger partial charge in [0, 0.05) is 12.1 Å². The van der Waals surface area contributed by atoms with Crippen LogP contribution in [0.15, 0.2) is 48.7 Å². The summed E-state index contributed by atoms with van der Waals surface area (Å²) in [6.45, 7) is 5.59. The van der Waals surface area contributed by atoms with Gasteiger partial charge in [0.25, 0.3) is 0 Å². The van der Waals surface area contributed by atoms with Crippen molar-refractivity contribution in [2.24, 2.45) is 0 Å². The second kappa shape index (κ2) is 9.32. The molecule has 1 heterocycles. The molecule has 1 aromatic heterocycles. The van der Waals surface area contributed by atoms with Crippen molar-refractivity contribution in [3.63, 3.8) is 0 Å². The molecule has 0 amide bonds. The second-order valence-corrected chi connectivity index (χ2v) is 7.51. The third kappa shape index (κ3) is 5.40. The molecule has 0 saturated carbocycles. The minimum absolute atomic E-state index is 0.00329. The maximum Gasteiger partial charge on any atom is 0.346 e. The number of aryl methyl sites for hydroxylation is 1. The van der Waals surface area contributed by atoms with E-state index in [0.29, 0.717) is 5.75 Å². The average molecular weight is 450 g/mol. The molecular weight excluding hydrogens is 432 g/mol. The lowest BCUT2D eigenvalue weighted by Gasteiger charge is -2.13. The third-order valence-corrected chi connectivity index (χ3v) is 4.40. The largest absolute Gasteiger partial charge is 0.474 e. The van der Waals surface area contributed by atoms with Gasteiger partial charge in [0.1, 0.15) is 28.1 Å². The van der Waals surface area contributed by atoms with Crippen LogP contribution in [0.1, 0.15) is 29.8 Å². The molecule has 0 N–H and O–H groups in total. The van der Waals surface area contributed by atoms with Crippen molar-refractivity contribution in [1.82, 2.24) is 4.98 Å². The van der Waals surface area contributed by atoms with Gasteiger partial charge >= 0.3 is 5.97 Å². The highest BCUT2D eigenvalue weighted by atomic mass is 35.5. The molecular formula is C22H18Cl2FNO4. The second-order valence-electron chi connectivity index (χ2n) is 6.69. The molecule has 0 radical (unpaired) electrons. The number of nitrogens with zero attached hydrogens (tertiary/aromatic N) is 1. The number of esters is 1. The molecule has 30 heavy (non-hydrogen) atoms. The monoisotopic (exact) mass is 449 g/mol. The summed E-state index contributed by atoms with van der Waals surface area (Å²) in [5, 5.41) is 0.252. The van der Waals surface area contributed by atoms with E-state index < -0.39 is 11.8 Å². The number of hydrogen-bond acceptors (Lipinski definition) is 5. The Kier molecular flexibility index (Phi) is 6.80. The maximum atomic E-state index is 14.5. The first-order chi connectivity index (χ1) is 14.2. The molecule has 8 heteroatoms. The topological polar surface area (TPSA) is 57.7 Å². The van der Waals surface area contributed by atoms with Gasteiger partial charge in [-0.2, -0.15) is 0 Å². The van der Waals surface area contributed by atoms with Crippen molar-refractivity contribution in [1.29, 1.82) is 0 Å². The number of ether oxygens (including phenoxy) is 3. The first-order valence-electron chi connectivity index (χ1n) is 9.01. The molecule has 0 aliphatic rings. The van der Waals surface area contributed by atoms with Crippen LogP contribution in [0.5, 0.6) is 23.1 Å². The van der Waals surface area contributed by atoms with Gasteiger partial charge in [-0.05, 0) is 39.0 Å². The highest BCUT2D eigenvalue weighted by molar-refractivity contribution is 6.32. The standard InChI is InChI=1S/C22H18Cl2FNO4/c1-12(2)28-21-18(24)8-15(11-26-21)29-20-10-19(25)16(9-17(20)23)22(27)30-14-6-4-13(3)5-7-14/h4-12H,1-3H3. The smallest absolute Gasteiger partial charge is 0.346 e. The van der Waals surface area contributed by atoms with Crippen molar-refractivity contribution in [2.45, 2.75) is 26.9 Å². The Morgan fingerprint density at radius 2 is 1.73 bits per heavy atom. The Morgan fingerprint density at radius 1 is 1.03 bits per heavy atom. The Balaban J connectivity index is 1.78. The van der Waals surface area contributed by atoms with E-state index in [1.165, 1.54) is 12.3 Å². The van der Waals surface area contributed by atoms with Crippen LogP contribution in [0.3, 0.4) is 0 Å². The Hall–Kier alpha value is -2.83. The maximum absolute atomic E-state index is 14.5. The summed E-state index contributed by atoms with van der Waals surface area (Å²) in [4.78, 5) is 16.4. The number of pyridine rings is 1. The molecule has 2 aromatic carbocycles. The zero-order valence-corrected chi connectivity index (χ0v) is 17.9. The van der Waals surface area contributed by atoms with E-state index in [9.17, 15) is 9.18 Å². The van der Waals surface area contributed by atoms with E-state index in [0.717, 1.165) is 17.7 Å². The summed E-state index contributed by atoms with van der Waals surface area (Å²) in [5.74, 6) is -0.935. The van der Waals surface area contributed by atoms with Crippen LogP contribution in [0, 0.1) is 12.7 Å². The number of halogens is 3. The lowest BCUT2D eigenvalue weighted by molar-refractivity contribution is 0.0730. The van der Waals surface area contributed by atoms with E-state index in [2.05, 4.69) is 4.98 Å². The predicted molar refractivity (Wildman–Crippen MR) is 113 cm³/mol. The van der Waals surface area contributed by atoms with E-state index in [1.807, 2.05) is 20.8 Å². The van der Waals surface area contributed by atoms with Gasteiger partial charge < -0.3 is 14.2 Å². The van der Waals surface area contributed by atoms with Gasteiger partial charge in [-0.25, -0.2) is 14.2 Å². The molecule has 0 unspecified atom stereocenters. The van der Waals surface area contributed by atoms with Gasteiger partial charge in [0.15, 0.2) is 0 Å². The van der Waals surface area contributed by atoms with Crippen LogP contribution >= 0.6 is 23.2 Å². The van der Waals surface area contributed by atoms with Crippen LogP contribution in [0.4, 0.5) is 4.39 Å². The summed E-state index contributed by atoms with van der Waals surface area (Å²) in [7, 11) is 0. The molecule has 3 rings (SSSR count). The fraction of sp³-hybridized carbons (Fsp3) is 0.182. The molecule has 0 fully saturated rings. The average Bonchev–Trinajstić information content (AvgIpc) is 2.68. The highest BCUT2D eigenvalue weighted by Crippen LogP contribution is 2.34. The molecule has 0 spiro atoms. The van der Waals surface area contributed by atoms with Crippen LogP contribution < -0.4 is 14.2 Å². The molecule has 5 nitrogen and oxygen atoms in total. The van der Waals surface area contributed by atoms with Gasteiger partial charge in [0.05, 0.1) is 22.9 Å². The summed E-state index contributed by atoms with van der Waals surface area (Å²) in [6.07, 6.45) is 1.27. The number of carbonyl (C=O) groups is 1. The van der Waals surface area contributed by atoms with E-state index in [4.69, 9.17) is 37.4 Å². The van der Waals surface area contributed by atoms with Crippen LogP contribution in [-0.4, -0.2) is 17.1 Å². The minimum atomic E-state index is -0.871. The first-order valence-corrected chi connectivity index (χ1v) is 9.76. The lowest BCUT2D eigenvalue weighted by Crippen LogP contribution is -2.11. The van der Waals surface area contributed by atoms with Crippen molar-refractivity contribution in [2.75, 3.05) is 0 Å². The molecule has 156 valence electrons. The molecule has 3 aromatic rings. The number of aromatic nitrogens is 1. The highest BCUT2D eigenvalue weighted by Gasteiger charge is 2.19. The van der Waals surface area contributed by atoms with Gasteiger partial charge in [-0.15, -0.1) is 0 Å². The summed E-state index contributed by atoms with van der Waals surface area (Å²) in [6, 6.07) is 10.4. The molecule has 0 atom stereocenters. The third-order valence-electron chi connectivity index (χ3n) is 3.83. The minimum Gasteiger partial charge on any atom is -0.474 e. The van der Waals surface area contributed by atoms with Crippen molar-refractivity contribution in [3.8, 4) is 23.1 Å². The summed E-state index contributed by atoms with van der Waals surface area (Å²) >= 11 is 12.3. The van der Waals surface area contributed by atoms with Gasteiger partial charge in [-0.1, -0.05) is 40.9 Å². The Labute approximate surface area is 183 Å². The van der Waals surface area contributed by atoms with Crippen molar-refractivity contribution in [3.05, 3.63) is 75.7 Å². The molecule has 0 aliphatic heterocycles.